The number of carboxylic acids is 1. The molecular formula is C25H26N4O5. The van der Waals surface area contributed by atoms with Crippen LogP contribution >= 0.6 is 0 Å². The van der Waals surface area contributed by atoms with E-state index in [-0.39, 0.29) is 18.5 Å². The van der Waals surface area contributed by atoms with E-state index in [4.69, 9.17) is 9.53 Å². The number of aryl methyl sites for hydroxylation is 2. The summed E-state index contributed by atoms with van der Waals surface area (Å²) in [7, 11) is 1.67. The lowest BCUT2D eigenvalue weighted by molar-refractivity contribution is -0.149. The summed E-state index contributed by atoms with van der Waals surface area (Å²) in [5.41, 5.74) is 1.79. The normalized spacial score (nSPS) is 18.1. The van der Waals surface area contributed by atoms with E-state index in [1.54, 1.807) is 33.0 Å². The first-order chi connectivity index (χ1) is 16.3. The molecule has 176 valence electrons. The zero-order valence-corrected chi connectivity index (χ0v) is 19.2. The number of aromatic nitrogens is 2. The Morgan fingerprint density at radius 3 is 2.29 bits per heavy atom. The van der Waals surface area contributed by atoms with Gasteiger partial charge in [0.05, 0.1) is 6.54 Å². The molecule has 1 aromatic heterocycles. The van der Waals surface area contributed by atoms with Crippen molar-refractivity contribution in [3.63, 3.8) is 0 Å². The highest BCUT2D eigenvalue weighted by atomic mass is 16.5. The van der Waals surface area contributed by atoms with E-state index in [1.807, 2.05) is 55.3 Å². The van der Waals surface area contributed by atoms with Crippen molar-refractivity contribution in [3.05, 3.63) is 83.2 Å². The van der Waals surface area contributed by atoms with Gasteiger partial charge in [-0.05, 0) is 31.5 Å². The van der Waals surface area contributed by atoms with Crippen molar-refractivity contribution in [1.82, 2.24) is 15.3 Å². The summed E-state index contributed by atoms with van der Waals surface area (Å²) in [6.45, 7) is 5.50. The Hall–Kier alpha value is -4.11. The maximum Gasteiger partial charge on any atom is 0.347 e. The molecule has 1 aliphatic rings. The van der Waals surface area contributed by atoms with Crippen LogP contribution in [-0.2, 0) is 19.9 Å². The average Bonchev–Trinajstić information content (AvgIpc) is 2.94. The van der Waals surface area contributed by atoms with Crippen LogP contribution in [0, 0.1) is 13.8 Å². The molecule has 4 rings (SSSR count). The highest BCUT2D eigenvalue weighted by Crippen LogP contribution is 2.41. The lowest BCUT2D eigenvalue weighted by atomic mass is 9.77. The molecule has 2 heterocycles. The van der Waals surface area contributed by atoms with E-state index in [1.165, 1.54) is 4.90 Å². The van der Waals surface area contributed by atoms with Crippen molar-refractivity contribution < 1.29 is 24.2 Å². The van der Waals surface area contributed by atoms with Gasteiger partial charge in [-0.25, -0.2) is 14.8 Å². The number of carboxylic acid groups (broad SMARTS) is 1. The molecule has 2 atom stereocenters. The minimum atomic E-state index is -1.47. The fraction of sp³-hybridized carbons (Fsp3) is 0.240. The second kappa shape index (κ2) is 10.2. The number of likely N-dealkylation sites (N-methyl/N-ethyl adjacent to an activating group) is 1. The van der Waals surface area contributed by atoms with E-state index in [0.717, 1.165) is 0 Å². The standard InChI is InChI=1S/C24H24N4O4.CH2O/c1-15-13-16(2)27-23(26-15)32-21(22(30)31)24(17-9-5-4-6-10-17)18-11-7-8-12-19(18)28(3)20(29)14-25-24;1-2/h4-13,21,25H,14H2,1-3H3,(H,30,31);1H2. The number of hydrogen-bond acceptors (Lipinski definition) is 7. The number of hydrogen-bond donors (Lipinski definition) is 2. The van der Waals surface area contributed by atoms with E-state index in [2.05, 4.69) is 15.3 Å². The molecule has 0 spiro atoms. The van der Waals surface area contributed by atoms with Crippen LogP contribution in [0.4, 0.5) is 5.69 Å². The zero-order valence-electron chi connectivity index (χ0n) is 19.2. The smallest absolute Gasteiger partial charge is 0.347 e. The van der Waals surface area contributed by atoms with Crippen LogP contribution in [0.2, 0.25) is 0 Å². The number of fused-ring (bicyclic) bond motifs is 1. The third kappa shape index (κ3) is 4.51. The molecule has 0 aliphatic carbocycles. The summed E-state index contributed by atoms with van der Waals surface area (Å²) in [6, 6.07) is 18.1. The predicted octanol–water partition coefficient (Wildman–Crippen LogP) is 2.25. The van der Waals surface area contributed by atoms with Gasteiger partial charge in [0.25, 0.3) is 0 Å². The first kappa shape index (κ1) is 24.5. The van der Waals surface area contributed by atoms with Crippen molar-refractivity contribution in [3.8, 4) is 6.01 Å². The first-order valence-corrected chi connectivity index (χ1v) is 10.5. The Kier molecular flexibility index (Phi) is 7.37. The van der Waals surface area contributed by atoms with Gasteiger partial charge in [-0.3, -0.25) is 10.1 Å². The molecule has 0 fully saturated rings. The average molecular weight is 463 g/mol. The number of amides is 1. The van der Waals surface area contributed by atoms with E-state index < -0.39 is 17.6 Å². The Labute approximate surface area is 197 Å². The van der Waals surface area contributed by atoms with E-state index in [9.17, 15) is 14.7 Å². The molecule has 0 saturated heterocycles. The molecule has 1 aliphatic heterocycles. The maximum absolute atomic E-state index is 12.8. The summed E-state index contributed by atoms with van der Waals surface area (Å²) in [5.74, 6) is -1.40. The van der Waals surface area contributed by atoms with Crippen LogP contribution in [0.15, 0.2) is 60.7 Å². The van der Waals surface area contributed by atoms with Crippen molar-refractivity contribution >= 4 is 24.4 Å². The minimum absolute atomic E-state index is 0.0339. The van der Waals surface area contributed by atoms with Crippen LogP contribution in [0.5, 0.6) is 6.01 Å². The third-order valence-electron chi connectivity index (χ3n) is 5.61. The quantitative estimate of drug-likeness (QED) is 0.592. The van der Waals surface area contributed by atoms with Gasteiger partial charge in [0.2, 0.25) is 12.0 Å². The topological polar surface area (TPSA) is 122 Å². The highest BCUT2D eigenvalue weighted by molar-refractivity contribution is 5.97. The monoisotopic (exact) mass is 462 g/mol. The number of nitrogens with one attached hydrogen (secondary N) is 1. The summed E-state index contributed by atoms with van der Waals surface area (Å²) < 4.78 is 6.00. The number of carbonyl (C=O) groups excluding carboxylic acids is 2. The van der Waals surface area contributed by atoms with Gasteiger partial charge in [-0.2, -0.15) is 0 Å². The predicted molar refractivity (Wildman–Crippen MR) is 126 cm³/mol. The SMILES string of the molecule is C=O.Cc1cc(C)nc(OC(C(=O)O)C2(c3ccccc3)NCC(=O)N(C)c3ccccc32)n1. The van der Waals surface area contributed by atoms with Gasteiger partial charge in [0.1, 0.15) is 12.3 Å². The van der Waals surface area contributed by atoms with Crippen molar-refractivity contribution in [2.75, 3.05) is 18.5 Å². The van der Waals surface area contributed by atoms with Gasteiger partial charge in [-0.1, -0.05) is 48.5 Å². The maximum atomic E-state index is 12.8. The highest BCUT2D eigenvalue weighted by Gasteiger charge is 2.51. The molecule has 0 saturated carbocycles. The molecule has 9 nitrogen and oxygen atoms in total. The number of nitrogens with zero attached hydrogens (tertiary/aromatic N) is 3. The molecule has 34 heavy (non-hydrogen) atoms. The Morgan fingerprint density at radius 2 is 1.68 bits per heavy atom. The summed E-state index contributed by atoms with van der Waals surface area (Å²) in [5, 5.41) is 13.6. The number of benzene rings is 2. The van der Waals surface area contributed by atoms with Crippen LogP contribution in [0.3, 0.4) is 0 Å². The van der Waals surface area contributed by atoms with Gasteiger partial charge in [0, 0.05) is 29.7 Å². The fourth-order valence-corrected chi connectivity index (χ4v) is 4.18. The molecule has 0 radical (unpaired) electrons. The van der Waals surface area contributed by atoms with E-state index >= 15 is 0 Å². The Balaban J connectivity index is 0.00000158. The lowest BCUT2D eigenvalue weighted by Crippen LogP contribution is -2.58. The molecule has 2 aromatic carbocycles. The zero-order chi connectivity index (χ0) is 24.9. The lowest BCUT2D eigenvalue weighted by Gasteiger charge is -2.39. The largest absolute Gasteiger partial charge is 0.478 e. The summed E-state index contributed by atoms with van der Waals surface area (Å²) >= 11 is 0. The third-order valence-corrected chi connectivity index (χ3v) is 5.61. The molecular weight excluding hydrogens is 436 g/mol. The Bertz CT molecular complexity index is 1170. The molecule has 2 N–H and O–H groups in total. The number of carbonyl (C=O) groups is 3. The van der Waals surface area contributed by atoms with E-state index in [0.29, 0.717) is 28.2 Å². The van der Waals surface area contributed by atoms with Crippen LogP contribution in [0.25, 0.3) is 0 Å². The van der Waals surface area contributed by atoms with Gasteiger partial charge in [0.15, 0.2) is 0 Å². The second-order valence-corrected chi connectivity index (χ2v) is 7.77. The molecule has 0 bridgehead atoms. The molecule has 9 heteroatoms. The van der Waals surface area contributed by atoms with Crippen molar-refractivity contribution in [1.29, 1.82) is 0 Å². The molecule has 2 unspecified atom stereocenters. The summed E-state index contributed by atoms with van der Waals surface area (Å²) in [6.07, 6.45) is -1.47. The summed E-state index contributed by atoms with van der Waals surface area (Å²) in [4.78, 5) is 43.6. The number of para-hydroxylation sites is 1. The number of ether oxygens (including phenoxy) is 1. The van der Waals surface area contributed by atoms with Gasteiger partial charge >= 0.3 is 12.0 Å². The number of anilines is 1. The van der Waals surface area contributed by atoms with Crippen LogP contribution < -0.4 is 15.0 Å². The first-order valence-electron chi connectivity index (χ1n) is 10.5. The minimum Gasteiger partial charge on any atom is -0.478 e. The molecule has 1 amide bonds. The number of aliphatic carboxylic acids is 1. The Morgan fingerprint density at radius 1 is 1.09 bits per heavy atom. The van der Waals surface area contributed by atoms with Crippen molar-refractivity contribution in [2.45, 2.75) is 25.5 Å². The van der Waals surface area contributed by atoms with Gasteiger partial charge < -0.3 is 19.5 Å². The van der Waals surface area contributed by atoms with Crippen molar-refractivity contribution in [2.24, 2.45) is 0 Å². The van der Waals surface area contributed by atoms with Crippen LogP contribution in [-0.4, -0.2) is 53.4 Å². The fourth-order valence-electron chi connectivity index (χ4n) is 4.18. The van der Waals surface area contributed by atoms with Gasteiger partial charge in [-0.15, -0.1) is 0 Å². The second-order valence-electron chi connectivity index (χ2n) is 7.77. The van der Waals surface area contributed by atoms with Crippen LogP contribution in [0.1, 0.15) is 22.5 Å². The molecule has 3 aromatic rings. The number of rotatable bonds is 5.